The molecule has 0 saturated carbocycles. The number of hydrogen-bond donors (Lipinski definition) is 0. The van der Waals surface area contributed by atoms with E-state index in [4.69, 9.17) is 0 Å². The van der Waals surface area contributed by atoms with Gasteiger partial charge >= 0.3 is 5.97 Å². The largest absolute Gasteiger partial charge is 0.468 e. The van der Waals surface area contributed by atoms with Crippen molar-refractivity contribution in [1.29, 1.82) is 0 Å². The first kappa shape index (κ1) is 16.4. The molecule has 0 fully saturated rings. The number of thioether (sulfide) groups is 1. The fourth-order valence-corrected chi connectivity index (χ4v) is 2.79. The highest BCUT2D eigenvalue weighted by atomic mass is 32.2. The van der Waals surface area contributed by atoms with Gasteiger partial charge in [-0.1, -0.05) is 18.2 Å². The normalized spacial score (nSPS) is 12.0. The highest BCUT2D eigenvalue weighted by Gasteiger charge is 2.23. The Balaban J connectivity index is 2.40. The van der Waals surface area contributed by atoms with Crippen LogP contribution in [0.1, 0.15) is 10.8 Å². The van der Waals surface area contributed by atoms with Crippen LogP contribution in [0.5, 0.6) is 0 Å². The van der Waals surface area contributed by atoms with Gasteiger partial charge in [0.1, 0.15) is 11.1 Å². The van der Waals surface area contributed by atoms with Crippen molar-refractivity contribution in [3.8, 4) is 11.1 Å². The van der Waals surface area contributed by atoms with Crippen molar-refractivity contribution < 1.29 is 22.7 Å². The molecule has 0 aliphatic rings. The number of rotatable bonds is 4. The fourth-order valence-electron chi connectivity index (χ4n) is 2.05. The summed E-state index contributed by atoms with van der Waals surface area (Å²) in [6, 6.07) is 7.53. The second-order valence-corrected chi connectivity index (χ2v) is 5.45. The van der Waals surface area contributed by atoms with Crippen LogP contribution < -0.4 is 0 Å². The van der Waals surface area contributed by atoms with Crippen LogP contribution in [0.4, 0.5) is 13.2 Å². The van der Waals surface area contributed by atoms with E-state index in [1.165, 1.54) is 25.3 Å². The molecule has 2 nitrogen and oxygen atoms in total. The van der Waals surface area contributed by atoms with Crippen LogP contribution in [-0.4, -0.2) is 19.3 Å². The van der Waals surface area contributed by atoms with Gasteiger partial charge in [0.2, 0.25) is 0 Å². The number of carbonyl (C=O) groups is 1. The molecule has 6 heteroatoms. The van der Waals surface area contributed by atoms with E-state index in [9.17, 15) is 18.0 Å². The van der Waals surface area contributed by atoms with Gasteiger partial charge in [0.15, 0.2) is 11.6 Å². The Labute approximate surface area is 130 Å². The molecule has 116 valence electrons. The highest BCUT2D eigenvalue weighted by Crippen LogP contribution is 2.32. The van der Waals surface area contributed by atoms with E-state index in [0.717, 1.165) is 23.9 Å². The van der Waals surface area contributed by atoms with E-state index >= 15 is 0 Å². The molecule has 2 aromatic carbocycles. The zero-order valence-corrected chi connectivity index (χ0v) is 12.7. The third kappa shape index (κ3) is 3.27. The second kappa shape index (κ2) is 6.87. The Morgan fingerprint density at radius 1 is 1.00 bits per heavy atom. The SMILES string of the molecule is COC(=O)C(SC)c1ccc(-c2ccc(F)c(F)c2)cc1F. The van der Waals surface area contributed by atoms with Crippen LogP contribution in [-0.2, 0) is 9.53 Å². The Hall–Kier alpha value is -1.95. The maximum Gasteiger partial charge on any atom is 0.323 e. The van der Waals surface area contributed by atoms with Crippen molar-refractivity contribution in [2.24, 2.45) is 0 Å². The average Bonchev–Trinajstić information content (AvgIpc) is 2.51. The Bertz CT molecular complexity index is 704. The lowest BCUT2D eigenvalue weighted by Gasteiger charge is -2.14. The van der Waals surface area contributed by atoms with Crippen molar-refractivity contribution in [2.75, 3.05) is 13.4 Å². The summed E-state index contributed by atoms with van der Waals surface area (Å²) >= 11 is 1.15. The number of hydrogen-bond acceptors (Lipinski definition) is 3. The first-order valence-electron chi connectivity index (χ1n) is 6.33. The van der Waals surface area contributed by atoms with E-state index in [2.05, 4.69) is 4.74 Å². The molecular weight excluding hydrogens is 313 g/mol. The van der Waals surface area contributed by atoms with Crippen molar-refractivity contribution >= 4 is 17.7 Å². The summed E-state index contributed by atoms with van der Waals surface area (Å²) in [5, 5.41) is -0.774. The van der Waals surface area contributed by atoms with E-state index in [0.29, 0.717) is 11.1 Å². The molecule has 0 N–H and O–H groups in total. The molecule has 0 aliphatic heterocycles. The van der Waals surface area contributed by atoms with Crippen molar-refractivity contribution in [2.45, 2.75) is 5.25 Å². The van der Waals surface area contributed by atoms with Gasteiger partial charge in [-0.25, -0.2) is 13.2 Å². The van der Waals surface area contributed by atoms with Crippen LogP contribution in [0.3, 0.4) is 0 Å². The zero-order valence-electron chi connectivity index (χ0n) is 11.9. The lowest BCUT2D eigenvalue weighted by molar-refractivity contribution is -0.140. The molecule has 0 spiro atoms. The summed E-state index contributed by atoms with van der Waals surface area (Å²) in [6.07, 6.45) is 1.67. The molecule has 2 aromatic rings. The van der Waals surface area contributed by atoms with Crippen molar-refractivity contribution in [3.05, 3.63) is 59.4 Å². The monoisotopic (exact) mass is 326 g/mol. The molecule has 0 amide bonds. The first-order chi connectivity index (χ1) is 10.5. The van der Waals surface area contributed by atoms with Gasteiger partial charge in [0, 0.05) is 5.56 Å². The van der Waals surface area contributed by atoms with E-state index in [-0.39, 0.29) is 5.56 Å². The van der Waals surface area contributed by atoms with Crippen LogP contribution >= 0.6 is 11.8 Å². The number of methoxy groups -OCH3 is 1. The molecule has 22 heavy (non-hydrogen) atoms. The molecule has 0 radical (unpaired) electrons. The van der Waals surface area contributed by atoms with Gasteiger partial charge in [0.05, 0.1) is 7.11 Å². The predicted octanol–water partition coefficient (Wildman–Crippen LogP) is 4.35. The maximum absolute atomic E-state index is 14.3. The van der Waals surface area contributed by atoms with Gasteiger partial charge < -0.3 is 4.74 Å². The molecule has 0 aromatic heterocycles. The highest BCUT2D eigenvalue weighted by molar-refractivity contribution is 7.99. The summed E-state index contributed by atoms with van der Waals surface area (Å²) in [5.41, 5.74) is 0.929. The first-order valence-corrected chi connectivity index (χ1v) is 7.62. The van der Waals surface area contributed by atoms with E-state index in [1.54, 1.807) is 12.3 Å². The lowest BCUT2D eigenvalue weighted by Crippen LogP contribution is -2.12. The van der Waals surface area contributed by atoms with Gasteiger partial charge in [-0.05, 0) is 35.6 Å². The molecule has 2 rings (SSSR count). The van der Waals surface area contributed by atoms with Gasteiger partial charge in [-0.15, -0.1) is 11.8 Å². The van der Waals surface area contributed by atoms with Gasteiger partial charge in [0.25, 0.3) is 0 Å². The fraction of sp³-hybridized carbons (Fsp3) is 0.188. The van der Waals surface area contributed by atoms with Crippen LogP contribution in [0.15, 0.2) is 36.4 Å². The molecule has 0 heterocycles. The summed E-state index contributed by atoms with van der Waals surface area (Å²) in [5.74, 6) is -3.12. The van der Waals surface area contributed by atoms with Crippen LogP contribution in [0.2, 0.25) is 0 Å². The minimum absolute atomic E-state index is 0.186. The maximum atomic E-state index is 14.3. The minimum atomic E-state index is -1.00. The summed E-state index contributed by atoms with van der Waals surface area (Å²) in [6.45, 7) is 0. The standard InChI is InChI=1S/C16H13F3O2S/c1-21-16(20)15(22-2)11-5-3-9(7-13(11)18)10-4-6-12(17)14(19)8-10/h3-8,15H,1-2H3. The summed E-state index contributed by atoms with van der Waals surface area (Å²) in [4.78, 5) is 11.6. The molecule has 0 aliphatic carbocycles. The summed E-state index contributed by atoms with van der Waals surface area (Å²) in [7, 11) is 1.24. The Kier molecular flexibility index (Phi) is 5.13. The second-order valence-electron chi connectivity index (χ2n) is 4.50. The van der Waals surface area contributed by atoms with Crippen molar-refractivity contribution in [1.82, 2.24) is 0 Å². The van der Waals surface area contributed by atoms with Crippen LogP contribution in [0, 0.1) is 17.5 Å². The smallest absolute Gasteiger partial charge is 0.323 e. The zero-order chi connectivity index (χ0) is 16.3. The molecule has 0 saturated heterocycles. The Morgan fingerprint density at radius 3 is 2.09 bits per heavy atom. The number of halogens is 3. The number of carbonyl (C=O) groups excluding carboxylic acids is 1. The quantitative estimate of drug-likeness (QED) is 0.782. The number of ether oxygens (including phenoxy) is 1. The van der Waals surface area contributed by atoms with Gasteiger partial charge in [-0.2, -0.15) is 0 Å². The van der Waals surface area contributed by atoms with Crippen molar-refractivity contribution in [3.63, 3.8) is 0 Å². The van der Waals surface area contributed by atoms with Gasteiger partial charge in [-0.3, -0.25) is 4.79 Å². The van der Waals surface area contributed by atoms with E-state index in [1.807, 2.05) is 0 Å². The van der Waals surface area contributed by atoms with Crippen LogP contribution in [0.25, 0.3) is 11.1 Å². The molecule has 1 unspecified atom stereocenters. The average molecular weight is 326 g/mol. The molecular formula is C16H13F3O2S. The topological polar surface area (TPSA) is 26.3 Å². The predicted molar refractivity (Wildman–Crippen MR) is 80.0 cm³/mol. The third-order valence-corrected chi connectivity index (χ3v) is 4.10. The molecule has 1 atom stereocenters. The lowest BCUT2D eigenvalue weighted by atomic mass is 10.0. The number of benzene rings is 2. The Morgan fingerprint density at radius 2 is 1.59 bits per heavy atom. The summed E-state index contributed by atoms with van der Waals surface area (Å²) < 4.78 is 45.1. The third-order valence-electron chi connectivity index (χ3n) is 3.19. The van der Waals surface area contributed by atoms with E-state index < -0.39 is 28.7 Å². The minimum Gasteiger partial charge on any atom is -0.468 e. The number of esters is 1. The molecule has 0 bridgehead atoms.